The van der Waals surface area contributed by atoms with Crippen LogP contribution in [0.3, 0.4) is 0 Å². The fourth-order valence-corrected chi connectivity index (χ4v) is 3.76. The number of nitrogens with zero attached hydrogens (tertiary/aromatic N) is 3. The fraction of sp³-hybridized carbons (Fsp3) is 0.118. The fourth-order valence-electron chi connectivity index (χ4n) is 2.18. The third-order valence-corrected chi connectivity index (χ3v) is 5.29. The van der Waals surface area contributed by atoms with E-state index in [1.807, 2.05) is 0 Å². The number of benzene rings is 2. The zero-order valence-electron chi connectivity index (χ0n) is 14.5. The summed E-state index contributed by atoms with van der Waals surface area (Å²) in [7, 11) is 0. The van der Waals surface area contributed by atoms with E-state index in [-0.39, 0.29) is 50.7 Å². The molecule has 12 heteroatoms. The minimum absolute atomic E-state index is 0.0290. The maximum atomic E-state index is 13.6. The van der Waals surface area contributed by atoms with Gasteiger partial charge in [-0.1, -0.05) is 58.7 Å². The average molecular weight is 477 g/mol. The molecular formula is C17H13Cl3FN5O2S. The molecule has 1 heterocycles. The summed E-state index contributed by atoms with van der Waals surface area (Å²) in [4.78, 5) is 12.2. The number of rotatable bonds is 7. The van der Waals surface area contributed by atoms with Crippen molar-refractivity contribution in [2.45, 2.75) is 11.8 Å². The number of hydrogen-bond donors (Lipinski definition) is 2. The molecule has 0 saturated heterocycles. The van der Waals surface area contributed by atoms with Gasteiger partial charge < -0.3 is 15.9 Å². The molecule has 0 atom stereocenters. The number of thioether (sulfide) groups is 1. The van der Waals surface area contributed by atoms with E-state index >= 15 is 0 Å². The zero-order valence-corrected chi connectivity index (χ0v) is 17.6. The molecule has 0 fully saturated rings. The van der Waals surface area contributed by atoms with Crippen molar-refractivity contribution >= 4 is 58.2 Å². The van der Waals surface area contributed by atoms with E-state index in [0.717, 1.165) is 11.8 Å². The van der Waals surface area contributed by atoms with Crippen LogP contribution in [0.15, 0.2) is 41.6 Å². The second kappa shape index (κ2) is 9.53. The van der Waals surface area contributed by atoms with E-state index in [0.29, 0.717) is 5.02 Å². The molecule has 0 aliphatic rings. The standard InChI is InChI=1S/C17H13Cl3FN5O2S/c18-9-5-10(19)16(11(20)6-9)23-15(27)8-29-17-25-24-14(26(17)22)7-28-13-4-2-1-3-12(13)21/h1-6H,7-8,22H2,(H,23,27). The number of aromatic nitrogens is 3. The highest BCUT2D eigenvalue weighted by atomic mass is 35.5. The van der Waals surface area contributed by atoms with Crippen molar-refractivity contribution < 1.29 is 13.9 Å². The van der Waals surface area contributed by atoms with E-state index in [2.05, 4.69) is 15.5 Å². The highest BCUT2D eigenvalue weighted by Gasteiger charge is 2.15. The van der Waals surface area contributed by atoms with Gasteiger partial charge in [-0.15, -0.1) is 10.2 Å². The van der Waals surface area contributed by atoms with Gasteiger partial charge in [-0.25, -0.2) is 9.07 Å². The Morgan fingerprint density at radius 2 is 1.90 bits per heavy atom. The molecule has 3 aromatic rings. The summed E-state index contributed by atoms with van der Waals surface area (Å²) in [6.07, 6.45) is 0. The third-order valence-electron chi connectivity index (χ3n) is 3.53. The molecule has 0 bridgehead atoms. The Morgan fingerprint density at radius 3 is 2.59 bits per heavy atom. The van der Waals surface area contributed by atoms with Gasteiger partial charge >= 0.3 is 0 Å². The SMILES string of the molecule is Nn1c(COc2ccccc2F)nnc1SCC(=O)Nc1c(Cl)cc(Cl)cc1Cl. The van der Waals surface area contributed by atoms with Crippen LogP contribution in [0.25, 0.3) is 0 Å². The first-order valence-electron chi connectivity index (χ1n) is 7.99. The summed E-state index contributed by atoms with van der Waals surface area (Å²) in [5, 5.41) is 11.5. The highest BCUT2D eigenvalue weighted by Crippen LogP contribution is 2.33. The molecule has 3 N–H and O–H groups in total. The summed E-state index contributed by atoms with van der Waals surface area (Å²) >= 11 is 19.0. The first-order valence-corrected chi connectivity index (χ1v) is 10.1. The van der Waals surface area contributed by atoms with Gasteiger partial charge in [-0.3, -0.25) is 4.79 Å². The quantitative estimate of drug-likeness (QED) is 0.388. The van der Waals surface area contributed by atoms with Gasteiger partial charge in [0.05, 0.1) is 21.5 Å². The molecular weight excluding hydrogens is 464 g/mol. The third kappa shape index (κ3) is 5.45. The molecule has 0 unspecified atom stereocenters. The van der Waals surface area contributed by atoms with Crippen LogP contribution in [-0.4, -0.2) is 26.5 Å². The summed E-state index contributed by atoms with van der Waals surface area (Å²) in [6, 6.07) is 8.90. The van der Waals surface area contributed by atoms with Crippen LogP contribution in [0, 0.1) is 5.82 Å². The smallest absolute Gasteiger partial charge is 0.234 e. The number of nitrogens with two attached hydrogens (primary N) is 1. The lowest BCUT2D eigenvalue weighted by Crippen LogP contribution is -2.18. The van der Waals surface area contributed by atoms with Gasteiger partial charge in [0.15, 0.2) is 17.4 Å². The molecule has 29 heavy (non-hydrogen) atoms. The predicted molar refractivity (Wildman–Crippen MR) is 112 cm³/mol. The second-order valence-electron chi connectivity index (χ2n) is 5.57. The summed E-state index contributed by atoms with van der Waals surface area (Å²) < 4.78 is 20.1. The number of hydrogen-bond acceptors (Lipinski definition) is 6. The molecule has 152 valence electrons. The van der Waals surface area contributed by atoms with E-state index in [1.54, 1.807) is 12.1 Å². The minimum atomic E-state index is -0.499. The Hall–Kier alpha value is -2.20. The number of carbonyl (C=O) groups is 1. The van der Waals surface area contributed by atoms with E-state index in [9.17, 15) is 9.18 Å². The number of para-hydroxylation sites is 1. The first kappa shape index (κ1) is 21.5. The van der Waals surface area contributed by atoms with Gasteiger partial charge in [-0.05, 0) is 24.3 Å². The van der Waals surface area contributed by atoms with Gasteiger partial charge in [0.1, 0.15) is 6.61 Å². The molecule has 2 aromatic carbocycles. The lowest BCUT2D eigenvalue weighted by Gasteiger charge is -2.10. The van der Waals surface area contributed by atoms with Crippen LogP contribution in [-0.2, 0) is 11.4 Å². The van der Waals surface area contributed by atoms with Crippen molar-refractivity contribution in [3.8, 4) is 5.75 Å². The van der Waals surface area contributed by atoms with Crippen LogP contribution in [0.5, 0.6) is 5.75 Å². The minimum Gasteiger partial charge on any atom is -0.482 e. The lowest BCUT2D eigenvalue weighted by atomic mass is 10.3. The van der Waals surface area contributed by atoms with E-state index in [1.165, 1.54) is 28.9 Å². The summed E-state index contributed by atoms with van der Waals surface area (Å²) in [5.74, 6) is 5.34. The normalized spacial score (nSPS) is 10.8. The van der Waals surface area contributed by atoms with Gasteiger partial charge in [-0.2, -0.15) is 0 Å². The molecule has 0 radical (unpaired) electrons. The first-order chi connectivity index (χ1) is 13.8. The summed E-state index contributed by atoms with van der Waals surface area (Å²) in [5.41, 5.74) is 0.261. The molecule has 7 nitrogen and oxygen atoms in total. The average Bonchev–Trinajstić information content (AvgIpc) is 3.02. The monoisotopic (exact) mass is 475 g/mol. The van der Waals surface area contributed by atoms with E-state index in [4.69, 9.17) is 45.4 Å². The molecule has 1 aromatic heterocycles. The number of carbonyl (C=O) groups excluding carboxylic acids is 1. The molecule has 3 rings (SSSR count). The Kier molecular flexibility index (Phi) is 7.07. The maximum absolute atomic E-state index is 13.6. The van der Waals surface area contributed by atoms with Crippen LogP contribution in [0.1, 0.15) is 5.82 Å². The predicted octanol–water partition coefficient (Wildman–Crippen LogP) is 4.40. The summed E-state index contributed by atoms with van der Waals surface area (Å²) in [6.45, 7) is -0.0901. The van der Waals surface area contributed by atoms with Gasteiger partial charge in [0.25, 0.3) is 0 Å². The molecule has 0 saturated carbocycles. The van der Waals surface area contributed by atoms with Crippen molar-refractivity contribution in [2.75, 3.05) is 16.9 Å². The molecule has 0 spiro atoms. The number of ether oxygens (including phenoxy) is 1. The zero-order chi connectivity index (χ0) is 21.0. The number of anilines is 1. The maximum Gasteiger partial charge on any atom is 0.234 e. The Bertz CT molecular complexity index is 1030. The Morgan fingerprint density at radius 1 is 1.21 bits per heavy atom. The van der Waals surface area contributed by atoms with Crippen molar-refractivity contribution in [2.24, 2.45) is 0 Å². The second-order valence-corrected chi connectivity index (χ2v) is 7.76. The van der Waals surface area contributed by atoms with Crippen molar-refractivity contribution in [3.05, 3.63) is 63.1 Å². The lowest BCUT2D eigenvalue weighted by molar-refractivity contribution is -0.113. The number of halogens is 4. The number of nitrogens with one attached hydrogen (secondary N) is 1. The Balaban J connectivity index is 1.57. The van der Waals surface area contributed by atoms with Crippen molar-refractivity contribution in [1.82, 2.24) is 14.9 Å². The van der Waals surface area contributed by atoms with Crippen LogP contribution >= 0.6 is 46.6 Å². The number of nitrogen functional groups attached to an aromatic ring is 1. The Labute approximate surface area is 184 Å². The highest BCUT2D eigenvalue weighted by molar-refractivity contribution is 7.99. The largest absolute Gasteiger partial charge is 0.482 e. The van der Waals surface area contributed by atoms with E-state index < -0.39 is 5.82 Å². The number of amides is 1. The molecule has 1 amide bonds. The molecule has 0 aliphatic heterocycles. The van der Waals surface area contributed by atoms with Crippen molar-refractivity contribution in [3.63, 3.8) is 0 Å². The van der Waals surface area contributed by atoms with Crippen LogP contribution in [0.4, 0.5) is 10.1 Å². The van der Waals surface area contributed by atoms with Gasteiger partial charge in [0, 0.05) is 5.02 Å². The van der Waals surface area contributed by atoms with Gasteiger partial charge in [0.2, 0.25) is 11.1 Å². The van der Waals surface area contributed by atoms with Crippen molar-refractivity contribution in [1.29, 1.82) is 0 Å². The molecule has 0 aliphatic carbocycles. The topological polar surface area (TPSA) is 95.1 Å². The van der Waals surface area contributed by atoms with Crippen LogP contribution in [0.2, 0.25) is 15.1 Å². The van der Waals surface area contributed by atoms with Crippen LogP contribution < -0.4 is 15.9 Å².